The molecule has 4 nitrogen and oxygen atoms in total. The van der Waals surface area contributed by atoms with E-state index in [-0.39, 0.29) is 5.60 Å². The van der Waals surface area contributed by atoms with Crippen LogP contribution in [0.2, 0.25) is 0 Å². The van der Waals surface area contributed by atoms with Gasteiger partial charge in [-0.1, -0.05) is 19.3 Å². The number of imidazole rings is 1. The van der Waals surface area contributed by atoms with Crippen LogP contribution in [-0.4, -0.2) is 22.3 Å². The minimum atomic E-state index is -0.208. The lowest BCUT2D eigenvalue weighted by molar-refractivity contribution is 0.0226. The van der Waals surface area contributed by atoms with Crippen LogP contribution in [0.25, 0.3) is 0 Å². The van der Waals surface area contributed by atoms with E-state index in [1.54, 1.807) is 7.11 Å². The molecule has 0 saturated heterocycles. The van der Waals surface area contributed by atoms with E-state index in [2.05, 4.69) is 18.4 Å². The summed E-state index contributed by atoms with van der Waals surface area (Å²) in [5, 5.41) is 0. The van der Waals surface area contributed by atoms with E-state index in [0.29, 0.717) is 12.0 Å². The second-order valence-electron chi connectivity index (χ2n) is 7.38. The van der Waals surface area contributed by atoms with Crippen molar-refractivity contribution in [2.75, 3.05) is 12.8 Å². The number of methoxy groups -OCH3 is 1. The van der Waals surface area contributed by atoms with Gasteiger partial charge in [0.05, 0.1) is 11.3 Å². The highest BCUT2D eigenvalue weighted by molar-refractivity contribution is 5.41. The lowest BCUT2D eigenvalue weighted by Gasteiger charge is -2.22. The molecule has 0 spiro atoms. The summed E-state index contributed by atoms with van der Waals surface area (Å²) in [7, 11) is 1.76. The first-order chi connectivity index (χ1) is 10.0. The summed E-state index contributed by atoms with van der Waals surface area (Å²) in [5.41, 5.74) is 7.29. The molecule has 4 heteroatoms. The molecule has 2 N–H and O–H groups in total. The van der Waals surface area contributed by atoms with Crippen LogP contribution < -0.4 is 5.73 Å². The van der Waals surface area contributed by atoms with E-state index in [1.165, 1.54) is 50.8 Å². The fourth-order valence-corrected chi connectivity index (χ4v) is 3.48. The maximum absolute atomic E-state index is 6.46. The van der Waals surface area contributed by atoms with Crippen LogP contribution in [0.3, 0.4) is 0 Å². The number of aromatic nitrogens is 2. The third kappa shape index (κ3) is 3.10. The predicted octanol–water partition coefficient (Wildman–Crippen LogP) is 3.82. The van der Waals surface area contributed by atoms with Gasteiger partial charge in [-0.3, -0.25) is 0 Å². The highest BCUT2D eigenvalue weighted by Crippen LogP contribution is 2.43. The third-order valence-electron chi connectivity index (χ3n) is 5.08. The van der Waals surface area contributed by atoms with E-state index in [1.807, 2.05) is 0 Å². The number of nitrogen functional groups attached to an aromatic ring is 1. The molecule has 2 saturated carbocycles. The summed E-state index contributed by atoms with van der Waals surface area (Å²) < 4.78 is 7.92. The minimum absolute atomic E-state index is 0.208. The molecular formula is C17H29N3O. The molecule has 0 aliphatic heterocycles. The van der Waals surface area contributed by atoms with Gasteiger partial charge in [0.15, 0.2) is 0 Å². The summed E-state index contributed by atoms with van der Waals surface area (Å²) in [6.45, 7) is 4.20. The number of rotatable bonds is 5. The Labute approximate surface area is 128 Å². The van der Waals surface area contributed by atoms with E-state index in [0.717, 1.165) is 17.9 Å². The molecule has 2 fully saturated rings. The van der Waals surface area contributed by atoms with Crippen molar-refractivity contribution in [1.82, 2.24) is 9.55 Å². The Bertz CT molecular complexity index is 496. The van der Waals surface area contributed by atoms with Gasteiger partial charge in [0.25, 0.3) is 0 Å². The van der Waals surface area contributed by atoms with Crippen molar-refractivity contribution >= 4 is 5.82 Å². The number of nitrogens with two attached hydrogens (primary N) is 1. The Morgan fingerprint density at radius 1 is 1.19 bits per heavy atom. The molecule has 0 atom stereocenters. The van der Waals surface area contributed by atoms with Crippen LogP contribution in [0.5, 0.6) is 0 Å². The Morgan fingerprint density at radius 2 is 1.86 bits per heavy atom. The number of nitrogens with zero attached hydrogens (tertiary/aromatic N) is 2. The molecule has 21 heavy (non-hydrogen) atoms. The summed E-state index contributed by atoms with van der Waals surface area (Å²) in [6, 6.07) is 0.605. The second kappa shape index (κ2) is 5.64. The van der Waals surface area contributed by atoms with Crippen molar-refractivity contribution in [3.63, 3.8) is 0 Å². The predicted molar refractivity (Wildman–Crippen MR) is 85.5 cm³/mol. The van der Waals surface area contributed by atoms with Crippen LogP contribution >= 0.6 is 0 Å². The van der Waals surface area contributed by atoms with Crippen LogP contribution in [0.1, 0.15) is 82.3 Å². The van der Waals surface area contributed by atoms with Gasteiger partial charge in [0.2, 0.25) is 0 Å². The van der Waals surface area contributed by atoms with Gasteiger partial charge in [-0.05, 0) is 39.5 Å². The first kappa shape index (κ1) is 14.9. The van der Waals surface area contributed by atoms with Crippen molar-refractivity contribution in [3.05, 3.63) is 11.5 Å². The van der Waals surface area contributed by atoms with Crippen molar-refractivity contribution in [1.29, 1.82) is 0 Å². The Hall–Kier alpha value is -1.03. The highest BCUT2D eigenvalue weighted by Gasteiger charge is 2.34. The standard InChI is InChI=1S/C17H29N3O/c1-17(2,21-3)11-14-15(18)20(13-9-10-13)16(19-14)12-7-5-4-6-8-12/h12-13H,4-11,18H2,1-3H3. The molecule has 0 unspecified atom stereocenters. The Balaban J connectivity index is 1.91. The summed E-state index contributed by atoms with van der Waals surface area (Å²) in [4.78, 5) is 4.99. The van der Waals surface area contributed by atoms with Crippen molar-refractivity contribution < 1.29 is 4.74 Å². The van der Waals surface area contributed by atoms with Gasteiger partial charge in [0, 0.05) is 25.5 Å². The normalized spacial score (nSPS) is 20.9. The molecule has 0 radical (unpaired) electrons. The van der Waals surface area contributed by atoms with Gasteiger partial charge in [0.1, 0.15) is 11.6 Å². The van der Waals surface area contributed by atoms with Crippen molar-refractivity contribution in [3.8, 4) is 0 Å². The first-order valence-electron chi connectivity index (χ1n) is 8.43. The zero-order valence-corrected chi connectivity index (χ0v) is 13.7. The van der Waals surface area contributed by atoms with Gasteiger partial charge in [-0.25, -0.2) is 4.98 Å². The largest absolute Gasteiger partial charge is 0.384 e. The topological polar surface area (TPSA) is 53.1 Å². The third-order valence-corrected chi connectivity index (χ3v) is 5.08. The van der Waals surface area contributed by atoms with E-state index in [4.69, 9.17) is 15.5 Å². The fraction of sp³-hybridized carbons (Fsp3) is 0.824. The average Bonchev–Trinajstić information content (AvgIpc) is 3.26. The zero-order valence-electron chi connectivity index (χ0n) is 13.7. The molecular weight excluding hydrogens is 262 g/mol. The first-order valence-corrected chi connectivity index (χ1v) is 8.43. The van der Waals surface area contributed by atoms with Gasteiger partial charge >= 0.3 is 0 Å². The molecule has 2 aliphatic carbocycles. The molecule has 0 bridgehead atoms. The highest BCUT2D eigenvalue weighted by atomic mass is 16.5. The lowest BCUT2D eigenvalue weighted by atomic mass is 9.88. The van der Waals surface area contributed by atoms with Crippen molar-refractivity contribution in [2.45, 2.75) is 82.8 Å². The quantitative estimate of drug-likeness (QED) is 0.897. The minimum Gasteiger partial charge on any atom is -0.384 e. The molecule has 1 heterocycles. The van der Waals surface area contributed by atoms with E-state index in [9.17, 15) is 0 Å². The maximum atomic E-state index is 6.46. The summed E-state index contributed by atoms with van der Waals surface area (Å²) in [6.07, 6.45) is 9.89. The molecule has 0 amide bonds. The molecule has 1 aromatic heterocycles. The number of hydrogen-bond donors (Lipinski definition) is 1. The van der Waals surface area contributed by atoms with Crippen molar-refractivity contribution in [2.24, 2.45) is 0 Å². The zero-order chi connectivity index (χ0) is 15.0. The average molecular weight is 291 g/mol. The molecule has 3 rings (SSSR count). The van der Waals surface area contributed by atoms with Crippen LogP contribution in [0, 0.1) is 0 Å². The fourth-order valence-electron chi connectivity index (χ4n) is 3.48. The Morgan fingerprint density at radius 3 is 2.43 bits per heavy atom. The van der Waals surface area contributed by atoms with Gasteiger partial charge in [-0.15, -0.1) is 0 Å². The lowest BCUT2D eigenvalue weighted by Crippen LogP contribution is -2.26. The smallest absolute Gasteiger partial charge is 0.127 e. The van der Waals surface area contributed by atoms with Gasteiger partial charge in [-0.2, -0.15) is 0 Å². The van der Waals surface area contributed by atoms with E-state index >= 15 is 0 Å². The second-order valence-corrected chi connectivity index (χ2v) is 7.38. The summed E-state index contributed by atoms with van der Waals surface area (Å²) >= 11 is 0. The molecule has 1 aromatic rings. The maximum Gasteiger partial charge on any atom is 0.127 e. The van der Waals surface area contributed by atoms with Crippen LogP contribution in [0.15, 0.2) is 0 Å². The molecule has 0 aromatic carbocycles. The van der Waals surface area contributed by atoms with E-state index < -0.39 is 0 Å². The summed E-state index contributed by atoms with van der Waals surface area (Å²) in [5.74, 6) is 2.76. The molecule has 118 valence electrons. The monoisotopic (exact) mass is 291 g/mol. The number of ether oxygens (including phenoxy) is 1. The number of anilines is 1. The molecule has 2 aliphatic rings. The van der Waals surface area contributed by atoms with Crippen LogP contribution in [-0.2, 0) is 11.2 Å². The number of hydrogen-bond acceptors (Lipinski definition) is 3. The van der Waals surface area contributed by atoms with Crippen LogP contribution in [0.4, 0.5) is 5.82 Å². The van der Waals surface area contributed by atoms with Gasteiger partial charge < -0.3 is 15.0 Å². The SMILES string of the molecule is COC(C)(C)Cc1nc(C2CCCCC2)n(C2CC2)c1N. The Kier molecular flexibility index (Phi) is 4.00.